The van der Waals surface area contributed by atoms with Crippen LogP contribution in [0, 0.1) is 0 Å². The minimum absolute atomic E-state index is 0.447. The second kappa shape index (κ2) is 6.47. The number of benzene rings is 2. The van der Waals surface area contributed by atoms with Gasteiger partial charge in [0.1, 0.15) is 5.15 Å². The number of aromatic nitrogens is 1. The van der Waals surface area contributed by atoms with Gasteiger partial charge in [0, 0.05) is 18.1 Å². The predicted octanol–water partition coefficient (Wildman–Crippen LogP) is 5.26. The Morgan fingerprint density at radius 3 is 2.50 bits per heavy atom. The summed E-state index contributed by atoms with van der Waals surface area (Å²) in [4.78, 5) is 4.64. The van der Waals surface area contributed by atoms with Crippen molar-refractivity contribution in [1.29, 1.82) is 0 Å². The minimum atomic E-state index is 0.447. The molecule has 0 N–H and O–H groups in total. The van der Waals surface area contributed by atoms with Gasteiger partial charge in [-0.1, -0.05) is 67.1 Å². The molecule has 0 bridgehead atoms. The molecule has 0 fully saturated rings. The van der Waals surface area contributed by atoms with Crippen LogP contribution in [0.4, 0.5) is 0 Å². The Hall–Kier alpha value is -1.90. The highest BCUT2D eigenvalue weighted by Crippen LogP contribution is 2.36. The number of fused-ring (bicyclic) bond motifs is 1. The van der Waals surface area contributed by atoms with Crippen LogP contribution in [0.2, 0.25) is 5.15 Å². The Morgan fingerprint density at radius 2 is 1.82 bits per heavy atom. The molecule has 0 spiro atoms. The number of para-hydroxylation sites is 1. The zero-order chi connectivity index (χ0) is 15.5. The largest absolute Gasteiger partial charge is 0.380 e. The molecule has 0 saturated carbocycles. The molecule has 3 aromatic rings. The molecule has 1 aromatic heterocycles. The molecule has 0 unspecified atom stereocenters. The lowest BCUT2D eigenvalue weighted by Gasteiger charge is -2.16. The zero-order valence-corrected chi connectivity index (χ0v) is 13.5. The van der Waals surface area contributed by atoms with Crippen molar-refractivity contribution >= 4 is 22.5 Å². The summed E-state index contributed by atoms with van der Waals surface area (Å²) in [6.07, 6.45) is 0.929. The highest BCUT2D eigenvalue weighted by Gasteiger charge is 2.16. The zero-order valence-electron chi connectivity index (χ0n) is 12.8. The number of hydrogen-bond acceptors (Lipinski definition) is 2. The SMILES string of the molecule is CCc1cccc2c(-c3ccccc3)c(COC)c(Cl)nc12. The van der Waals surface area contributed by atoms with Gasteiger partial charge >= 0.3 is 0 Å². The van der Waals surface area contributed by atoms with E-state index in [0.717, 1.165) is 34.0 Å². The Labute approximate surface area is 135 Å². The van der Waals surface area contributed by atoms with Gasteiger partial charge < -0.3 is 4.74 Å². The van der Waals surface area contributed by atoms with Crippen LogP contribution in [-0.4, -0.2) is 12.1 Å². The van der Waals surface area contributed by atoms with E-state index in [1.54, 1.807) is 7.11 Å². The number of aryl methyl sites for hydroxylation is 1. The van der Waals surface area contributed by atoms with Crippen molar-refractivity contribution in [3.63, 3.8) is 0 Å². The summed E-state index contributed by atoms with van der Waals surface area (Å²) in [6.45, 7) is 2.58. The number of halogens is 1. The molecule has 3 heteroatoms. The molecule has 2 aromatic carbocycles. The first kappa shape index (κ1) is 15.0. The average Bonchev–Trinajstić information content (AvgIpc) is 2.56. The van der Waals surface area contributed by atoms with E-state index < -0.39 is 0 Å². The number of methoxy groups -OCH3 is 1. The van der Waals surface area contributed by atoms with Gasteiger partial charge in [-0.25, -0.2) is 4.98 Å². The topological polar surface area (TPSA) is 22.1 Å². The van der Waals surface area contributed by atoms with Crippen LogP contribution in [0.15, 0.2) is 48.5 Å². The van der Waals surface area contributed by atoms with Crippen molar-refractivity contribution in [3.05, 3.63) is 64.8 Å². The van der Waals surface area contributed by atoms with E-state index in [1.807, 2.05) is 18.2 Å². The molecule has 22 heavy (non-hydrogen) atoms. The van der Waals surface area contributed by atoms with Gasteiger partial charge in [0.15, 0.2) is 0 Å². The highest BCUT2D eigenvalue weighted by molar-refractivity contribution is 6.31. The van der Waals surface area contributed by atoms with Crippen molar-refractivity contribution < 1.29 is 4.74 Å². The summed E-state index contributed by atoms with van der Waals surface area (Å²) in [5.74, 6) is 0. The van der Waals surface area contributed by atoms with E-state index in [9.17, 15) is 0 Å². The van der Waals surface area contributed by atoms with Crippen LogP contribution in [0.1, 0.15) is 18.1 Å². The van der Waals surface area contributed by atoms with Crippen molar-refractivity contribution in [3.8, 4) is 11.1 Å². The Kier molecular flexibility index (Phi) is 4.41. The van der Waals surface area contributed by atoms with E-state index in [2.05, 4.69) is 42.2 Å². The van der Waals surface area contributed by atoms with Gasteiger partial charge in [-0.15, -0.1) is 0 Å². The number of hydrogen-bond donors (Lipinski definition) is 0. The maximum atomic E-state index is 6.47. The minimum Gasteiger partial charge on any atom is -0.380 e. The molecule has 0 radical (unpaired) electrons. The van der Waals surface area contributed by atoms with Gasteiger partial charge in [0.2, 0.25) is 0 Å². The normalized spacial score (nSPS) is 11.0. The van der Waals surface area contributed by atoms with Crippen LogP contribution in [0.3, 0.4) is 0 Å². The van der Waals surface area contributed by atoms with Gasteiger partial charge in [-0.2, -0.15) is 0 Å². The molecule has 0 amide bonds. The molecule has 0 aliphatic heterocycles. The monoisotopic (exact) mass is 311 g/mol. The maximum absolute atomic E-state index is 6.47. The third-order valence-corrected chi connectivity index (χ3v) is 4.19. The smallest absolute Gasteiger partial charge is 0.135 e. The van der Waals surface area contributed by atoms with Crippen LogP contribution >= 0.6 is 11.6 Å². The van der Waals surface area contributed by atoms with Crippen LogP contribution in [0.5, 0.6) is 0 Å². The Bertz CT molecular complexity index is 799. The fraction of sp³-hybridized carbons (Fsp3) is 0.211. The number of nitrogens with zero attached hydrogens (tertiary/aromatic N) is 1. The molecular weight excluding hydrogens is 294 g/mol. The fourth-order valence-corrected chi connectivity index (χ4v) is 3.09. The van der Waals surface area contributed by atoms with Gasteiger partial charge in [-0.05, 0) is 23.1 Å². The van der Waals surface area contributed by atoms with Gasteiger partial charge in [-0.3, -0.25) is 0 Å². The lowest BCUT2D eigenvalue weighted by Crippen LogP contribution is -1.99. The average molecular weight is 312 g/mol. The number of ether oxygens (including phenoxy) is 1. The van der Waals surface area contributed by atoms with Crippen molar-refractivity contribution in [2.24, 2.45) is 0 Å². The molecule has 1 heterocycles. The summed E-state index contributed by atoms with van der Waals surface area (Å²) < 4.78 is 5.35. The van der Waals surface area contributed by atoms with E-state index in [1.165, 1.54) is 5.56 Å². The van der Waals surface area contributed by atoms with Crippen LogP contribution < -0.4 is 0 Å². The van der Waals surface area contributed by atoms with Crippen molar-refractivity contribution in [2.45, 2.75) is 20.0 Å². The standard InChI is InChI=1S/C19H18ClNO/c1-3-13-10-7-11-15-17(14-8-5-4-6-9-14)16(12-22-2)19(20)21-18(13)15/h4-11H,3,12H2,1-2H3. The first-order chi connectivity index (χ1) is 10.8. The summed E-state index contributed by atoms with van der Waals surface area (Å²) >= 11 is 6.47. The second-order valence-electron chi connectivity index (χ2n) is 5.22. The summed E-state index contributed by atoms with van der Waals surface area (Å²) in [7, 11) is 1.68. The maximum Gasteiger partial charge on any atom is 0.135 e. The van der Waals surface area contributed by atoms with Crippen molar-refractivity contribution in [2.75, 3.05) is 7.11 Å². The first-order valence-electron chi connectivity index (χ1n) is 7.40. The van der Waals surface area contributed by atoms with Crippen molar-refractivity contribution in [1.82, 2.24) is 4.98 Å². The highest BCUT2D eigenvalue weighted by atomic mass is 35.5. The van der Waals surface area contributed by atoms with E-state index in [-0.39, 0.29) is 0 Å². The molecule has 0 saturated heterocycles. The van der Waals surface area contributed by atoms with Crippen LogP contribution in [0.25, 0.3) is 22.0 Å². The summed E-state index contributed by atoms with van der Waals surface area (Å²) in [5.41, 5.74) is 5.38. The summed E-state index contributed by atoms with van der Waals surface area (Å²) in [5, 5.41) is 1.65. The van der Waals surface area contributed by atoms with Gasteiger partial charge in [0.05, 0.1) is 12.1 Å². The third-order valence-electron chi connectivity index (χ3n) is 3.88. The molecule has 0 atom stereocenters. The molecule has 3 rings (SSSR count). The van der Waals surface area contributed by atoms with Gasteiger partial charge in [0.25, 0.3) is 0 Å². The molecular formula is C19H18ClNO. The molecule has 0 aliphatic carbocycles. The predicted molar refractivity (Wildman–Crippen MR) is 92.3 cm³/mol. The molecule has 112 valence electrons. The fourth-order valence-electron chi connectivity index (χ4n) is 2.85. The Morgan fingerprint density at radius 1 is 1.05 bits per heavy atom. The quantitative estimate of drug-likeness (QED) is 0.613. The number of rotatable bonds is 4. The number of pyridine rings is 1. The second-order valence-corrected chi connectivity index (χ2v) is 5.58. The van der Waals surface area contributed by atoms with E-state index in [4.69, 9.17) is 16.3 Å². The van der Waals surface area contributed by atoms with Crippen LogP contribution in [-0.2, 0) is 17.8 Å². The molecule has 2 nitrogen and oxygen atoms in total. The molecule has 0 aliphatic rings. The van der Waals surface area contributed by atoms with E-state index >= 15 is 0 Å². The lowest BCUT2D eigenvalue weighted by molar-refractivity contribution is 0.185. The third kappa shape index (κ3) is 2.60. The van der Waals surface area contributed by atoms with E-state index in [0.29, 0.717) is 11.8 Å². The Balaban J connectivity index is 2.41. The lowest BCUT2D eigenvalue weighted by atomic mass is 9.95. The summed E-state index contributed by atoms with van der Waals surface area (Å²) in [6, 6.07) is 16.6. The first-order valence-corrected chi connectivity index (χ1v) is 7.78.